The SMILES string of the molecule is CCOC1C(=O)CC1OC1CCCC(C)C1. The van der Waals surface area contributed by atoms with Crippen LogP contribution >= 0.6 is 0 Å². The lowest BCUT2D eigenvalue weighted by Crippen LogP contribution is -2.52. The van der Waals surface area contributed by atoms with E-state index in [0.29, 0.717) is 19.1 Å². The van der Waals surface area contributed by atoms with Crippen molar-refractivity contribution in [2.75, 3.05) is 6.61 Å². The molecule has 92 valence electrons. The lowest BCUT2D eigenvalue weighted by atomic mass is 9.86. The summed E-state index contributed by atoms with van der Waals surface area (Å²) in [5, 5.41) is 0. The Balaban J connectivity index is 1.78. The van der Waals surface area contributed by atoms with Gasteiger partial charge < -0.3 is 9.47 Å². The first kappa shape index (κ1) is 12.1. The molecule has 2 fully saturated rings. The minimum atomic E-state index is -0.276. The van der Waals surface area contributed by atoms with Gasteiger partial charge in [-0.1, -0.05) is 19.8 Å². The summed E-state index contributed by atoms with van der Waals surface area (Å²) >= 11 is 0. The lowest BCUT2D eigenvalue weighted by molar-refractivity contribution is -0.176. The minimum Gasteiger partial charge on any atom is -0.371 e. The normalized spacial score (nSPS) is 39.5. The molecule has 0 saturated heterocycles. The fourth-order valence-corrected chi connectivity index (χ4v) is 2.72. The molecule has 16 heavy (non-hydrogen) atoms. The molecule has 2 aliphatic carbocycles. The number of hydrogen-bond acceptors (Lipinski definition) is 3. The summed E-state index contributed by atoms with van der Waals surface area (Å²) in [6, 6.07) is 0. The standard InChI is InChI=1S/C13H22O3/c1-3-15-13-11(14)8-12(13)16-10-6-4-5-9(2)7-10/h9-10,12-13H,3-8H2,1-2H3. The van der Waals surface area contributed by atoms with Crippen LogP contribution in [-0.4, -0.2) is 30.7 Å². The van der Waals surface area contributed by atoms with E-state index in [1.54, 1.807) is 0 Å². The van der Waals surface area contributed by atoms with E-state index in [0.717, 1.165) is 18.8 Å². The molecular weight excluding hydrogens is 204 g/mol. The van der Waals surface area contributed by atoms with Crippen LogP contribution in [0, 0.1) is 5.92 Å². The van der Waals surface area contributed by atoms with Crippen LogP contribution in [0.2, 0.25) is 0 Å². The van der Waals surface area contributed by atoms with Crippen LogP contribution in [0.4, 0.5) is 0 Å². The van der Waals surface area contributed by atoms with Gasteiger partial charge in [0, 0.05) is 13.0 Å². The molecule has 0 bridgehead atoms. The highest BCUT2D eigenvalue weighted by Crippen LogP contribution is 2.31. The Bertz CT molecular complexity index is 252. The fraction of sp³-hybridized carbons (Fsp3) is 0.923. The third-order valence-corrected chi connectivity index (χ3v) is 3.66. The molecule has 0 aromatic rings. The van der Waals surface area contributed by atoms with Crippen molar-refractivity contribution in [2.24, 2.45) is 5.92 Å². The topological polar surface area (TPSA) is 35.5 Å². The molecular formula is C13H22O3. The summed E-state index contributed by atoms with van der Waals surface area (Å²) < 4.78 is 11.4. The number of carbonyl (C=O) groups is 1. The molecule has 2 aliphatic rings. The molecule has 0 spiro atoms. The van der Waals surface area contributed by atoms with Gasteiger partial charge in [0.1, 0.15) is 6.10 Å². The van der Waals surface area contributed by atoms with Crippen molar-refractivity contribution in [1.29, 1.82) is 0 Å². The van der Waals surface area contributed by atoms with E-state index in [1.165, 1.54) is 12.8 Å². The summed E-state index contributed by atoms with van der Waals surface area (Å²) in [5.41, 5.74) is 0. The maximum Gasteiger partial charge on any atom is 0.166 e. The van der Waals surface area contributed by atoms with E-state index in [1.807, 2.05) is 6.92 Å². The monoisotopic (exact) mass is 226 g/mol. The Hall–Kier alpha value is -0.410. The highest BCUT2D eigenvalue weighted by Gasteiger charge is 2.42. The van der Waals surface area contributed by atoms with E-state index in [4.69, 9.17) is 9.47 Å². The van der Waals surface area contributed by atoms with Gasteiger partial charge in [0.25, 0.3) is 0 Å². The molecule has 3 nitrogen and oxygen atoms in total. The Morgan fingerprint density at radius 2 is 2.19 bits per heavy atom. The Kier molecular flexibility index (Phi) is 3.98. The maximum atomic E-state index is 11.3. The predicted molar refractivity (Wildman–Crippen MR) is 61.3 cm³/mol. The van der Waals surface area contributed by atoms with Gasteiger partial charge in [0.2, 0.25) is 0 Å². The summed E-state index contributed by atoms with van der Waals surface area (Å²) in [4.78, 5) is 11.3. The fourth-order valence-electron chi connectivity index (χ4n) is 2.72. The Morgan fingerprint density at radius 1 is 1.38 bits per heavy atom. The van der Waals surface area contributed by atoms with Crippen LogP contribution < -0.4 is 0 Å². The van der Waals surface area contributed by atoms with Gasteiger partial charge in [-0.2, -0.15) is 0 Å². The highest BCUT2D eigenvalue weighted by atomic mass is 16.6. The van der Waals surface area contributed by atoms with Crippen LogP contribution in [0.5, 0.6) is 0 Å². The second-order valence-corrected chi connectivity index (χ2v) is 5.11. The van der Waals surface area contributed by atoms with Gasteiger partial charge in [-0.05, 0) is 25.7 Å². The van der Waals surface area contributed by atoms with Gasteiger partial charge >= 0.3 is 0 Å². The van der Waals surface area contributed by atoms with Crippen LogP contribution in [0.1, 0.15) is 46.0 Å². The van der Waals surface area contributed by atoms with Crippen molar-refractivity contribution >= 4 is 5.78 Å². The van der Waals surface area contributed by atoms with Crippen LogP contribution in [-0.2, 0) is 14.3 Å². The zero-order chi connectivity index (χ0) is 11.5. The molecule has 3 heteroatoms. The van der Waals surface area contributed by atoms with Crippen LogP contribution in [0.3, 0.4) is 0 Å². The first-order valence-corrected chi connectivity index (χ1v) is 6.50. The number of carbonyl (C=O) groups excluding carboxylic acids is 1. The van der Waals surface area contributed by atoms with Crippen molar-refractivity contribution in [3.05, 3.63) is 0 Å². The number of rotatable bonds is 4. The van der Waals surface area contributed by atoms with Gasteiger partial charge in [0.05, 0.1) is 12.2 Å². The Labute approximate surface area is 97.5 Å². The van der Waals surface area contributed by atoms with Crippen LogP contribution in [0.15, 0.2) is 0 Å². The van der Waals surface area contributed by atoms with E-state index < -0.39 is 0 Å². The number of Topliss-reactive ketones (excluding diaryl/α,β-unsaturated/α-hetero) is 1. The summed E-state index contributed by atoms with van der Waals surface area (Å²) in [7, 11) is 0. The molecule has 0 heterocycles. The molecule has 0 aromatic carbocycles. The van der Waals surface area contributed by atoms with E-state index >= 15 is 0 Å². The van der Waals surface area contributed by atoms with Gasteiger partial charge in [-0.25, -0.2) is 0 Å². The lowest BCUT2D eigenvalue weighted by Gasteiger charge is -2.38. The van der Waals surface area contributed by atoms with Crippen molar-refractivity contribution in [3.8, 4) is 0 Å². The molecule has 2 saturated carbocycles. The molecule has 0 amide bonds. The van der Waals surface area contributed by atoms with Gasteiger partial charge in [0.15, 0.2) is 5.78 Å². The maximum absolute atomic E-state index is 11.3. The van der Waals surface area contributed by atoms with Crippen molar-refractivity contribution in [2.45, 2.75) is 64.3 Å². The third-order valence-electron chi connectivity index (χ3n) is 3.66. The Morgan fingerprint density at radius 3 is 2.81 bits per heavy atom. The zero-order valence-electron chi connectivity index (χ0n) is 10.3. The molecule has 4 unspecified atom stereocenters. The molecule has 0 radical (unpaired) electrons. The largest absolute Gasteiger partial charge is 0.371 e. The minimum absolute atomic E-state index is 0.0303. The summed E-state index contributed by atoms with van der Waals surface area (Å²) in [6.07, 6.45) is 5.52. The molecule has 4 atom stereocenters. The molecule has 2 rings (SSSR count). The quantitative estimate of drug-likeness (QED) is 0.738. The van der Waals surface area contributed by atoms with Crippen molar-refractivity contribution < 1.29 is 14.3 Å². The summed E-state index contributed by atoms with van der Waals surface area (Å²) in [6.45, 7) is 4.80. The third kappa shape index (κ3) is 2.64. The molecule has 0 N–H and O–H groups in total. The van der Waals surface area contributed by atoms with E-state index in [9.17, 15) is 4.79 Å². The second kappa shape index (κ2) is 5.28. The van der Waals surface area contributed by atoms with Gasteiger partial charge in [-0.3, -0.25) is 4.79 Å². The second-order valence-electron chi connectivity index (χ2n) is 5.11. The van der Waals surface area contributed by atoms with Gasteiger partial charge in [-0.15, -0.1) is 0 Å². The predicted octanol–water partition coefficient (Wildman–Crippen LogP) is 2.33. The van der Waals surface area contributed by atoms with E-state index in [2.05, 4.69) is 6.92 Å². The summed E-state index contributed by atoms with van der Waals surface area (Å²) in [5.74, 6) is 0.968. The van der Waals surface area contributed by atoms with E-state index in [-0.39, 0.29) is 18.0 Å². The molecule has 0 aliphatic heterocycles. The van der Waals surface area contributed by atoms with Crippen LogP contribution in [0.25, 0.3) is 0 Å². The first-order chi connectivity index (χ1) is 7.70. The number of ether oxygens (including phenoxy) is 2. The first-order valence-electron chi connectivity index (χ1n) is 6.50. The average Bonchev–Trinajstić information content (AvgIpc) is 2.26. The number of hydrogen-bond donors (Lipinski definition) is 0. The smallest absolute Gasteiger partial charge is 0.166 e. The molecule has 0 aromatic heterocycles. The average molecular weight is 226 g/mol. The number of ketones is 1. The highest BCUT2D eigenvalue weighted by molar-refractivity contribution is 5.90. The van der Waals surface area contributed by atoms with Crippen molar-refractivity contribution in [1.82, 2.24) is 0 Å². The van der Waals surface area contributed by atoms with Crippen molar-refractivity contribution in [3.63, 3.8) is 0 Å². The zero-order valence-corrected chi connectivity index (χ0v) is 10.3.